The molecule has 1 aliphatic rings. The number of alkyl halides is 1. The predicted molar refractivity (Wildman–Crippen MR) is 63.5 cm³/mol. The predicted octanol–water partition coefficient (Wildman–Crippen LogP) is 2.41. The maximum absolute atomic E-state index is 5.85. The summed E-state index contributed by atoms with van der Waals surface area (Å²) in [5.41, 5.74) is 0. The smallest absolute Gasteiger partial charge is 0.205 e. The van der Waals surface area contributed by atoms with Gasteiger partial charge in [0.2, 0.25) is 5.95 Å². The molecule has 0 aliphatic carbocycles. The average Bonchev–Trinajstić information content (AvgIpc) is 2.66. The van der Waals surface area contributed by atoms with E-state index >= 15 is 0 Å². The first-order chi connectivity index (χ1) is 7.33. The van der Waals surface area contributed by atoms with E-state index in [1.54, 1.807) is 0 Å². The van der Waals surface area contributed by atoms with E-state index in [1.807, 2.05) is 12.4 Å². The summed E-state index contributed by atoms with van der Waals surface area (Å²) in [6, 6.07) is 0.581. The monoisotopic (exact) mass is 227 g/mol. The number of halogens is 1. The van der Waals surface area contributed by atoms with Crippen LogP contribution in [0, 0.1) is 0 Å². The molecule has 1 atom stereocenters. The van der Waals surface area contributed by atoms with Gasteiger partial charge in [-0.15, -0.1) is 11.6 Å². The van der Waals surface area contributed by atoms with E-state index in [0.717, 1.165) is 24.8 Å². The zero-order valence-corrected chi connectivity index (χ0v) is 9.95. The highest BCUT2D eigenvalue weighted by atomic mass is 35.5. The lowest BCUT2D eigenvalue weighted by Gasteiger charge is -2.36. The molecule has 0 saturated carbocycles. The number of nitrogens with zero attached hydrogens (tertiary/aromatic N) is 3. The van der Waals surface area contributed by atoms with Gasteiger partial charge >= 0.3 is 0 Å². The molecular weight excluding hydrogens is 210 g/mol. The summed E-state index contributed by atoms with van der Waals surface area (Å²) in [7, 11) is 2.05. The van der Waals surface area contributed by atoms with Crippen LogP contribution >= 0.6 is 11.6 Å². The Bertz CT molecular complexity index is 309. The van der Waals surface area contributed by atoms with Crippen molar-refractivity contribution in [2.24, 2.45) is 7.05 Å². The van der Waals surface area contributed by atoms with Gasteiger partial charge in [0.1, 0.15) is 0 Å². The number of imidazole rings is 1. The molecule has 0 amide bonds. The van der Waals surface area contributed by atoms with Crippen LogP contribution in [0.15, 0.2) is 12.4 Å². The normalized spacial score (nSPS) is 22.0. The van der Waals surface area contributed by atoms with Crippen molar-refractivity contribution >= 4 is 17.5 Å². The SMILES string of the molecule is Cn1ccnc1N1CCCCC1CCCl. The Morgan fingerprint density at radius 3 is 3.07 bits per heavy atom. The van der Waals surface area contributed by atoms with Gasteiger partial charge in [0, 0.05) is 37.9 Å². The fourth-order valence-corrected chi connectivity index (χ4v) is 2.58. The van der Waals surface area contributed by atoms with Crippen LogP contribution in [0.5, 0.6) is 0 Å². The van der Waals surface area contributed by atoms with Crippen molar-refractivity contribution < 1.29 is 0 Å². The van der Waals surface area contributed by atoms with Crippen molar-refractivity contribution in [2.75, 3.05) is 17.3 Å². The molecule has 2 rings (SSSR count). The summed E-state index contributed by atoms with van der Waals surface area (Å²) in [5.74, 6) is 1.83. The Labute approximate surface area is 96.0 Å². The van der Waals surface area contributed by atoms with Crippen molar-refractivity contribution in [3.8, 4) is 0 Å². The highest BCUT2D eigenvalue weighted by Gasteiger charge is 2.24. The highest BCUT2D eigenvalue weighted by Crippen LogP contribution is 2.24. The molecule has 1 fully saturated rings. The molecule has 1 unspecified atom stereocenters. The van der Waals surface area contributed by atoms with Crippen LogP contribution in [-0.2, 0) is 7.05 Å². The van der Waals surface area contributed by atoms with Crippen LogP contribution in [0.2, 0.25) is 0 Å². The Kier molecular flexibility index (Phi) is 3.52. The topological polar surface area (TPSA) is 21.1 Å². The molecule has 0 radical (unpaired) electrons. The fraction of sp³-hybridized carbons (Fsp3) is 0.727. The third-order valence-corrected chi connectivity index (χ3v) is 3.34. The Hall–Kier alpha value is -0.700. The second-order valence-electron chi connectivity index (χ2n) is 4.16. The zero-order valence-electron chi connectivity index (χ0n) is 9.19. The molecule has 0 bridgehead atoms. The van der Waals surface area contributed by atoms with Crippen molar-refractivity contribution in [3.63, 3.8) is 0 Å². The second-order valence-corrected chi connectivity index (χ2v) is 4.54. The van der Waals surface area contributed by atoms with Gasteiger partial charge in [-0.05, 0) is 25.7 Å². The van der Waals surface area contributed by atoms with Crippen molar-refractivity contribution in [1.82, 2.24) is 9.55 Å². The van der Waals surface area contributed by atoms with Gasteiger partial charge in [-0.25, -0.2) is 4.98 Å². The number of aryl methyl sites for hydroxylation is 1. The first-order valence-electron chi connectivity index (χ1n) is 5.63. The Balaban J connectivity index is 2.14. The molecule has 0 spiro atoms. The lowest BCUT2D eigenvalue weighted by Crippen LogP contribution is -2.41. The first kappa shape index (κ1) is 10.8. The molecule has 15 heavy (non-hydrogen) atoms. The molecule has 1 aliphatic heterocycles. The van der Waals surface area contributed by atoms with Crippen molar-refractivity contribution in [1.29, 1.82) is 0 Å². The number of anilines is 1. The van der Waals surface area contributed by atoms with Gasteiger partial charge in [-0.1, -0.05) is 0 Å². The first-order valence-corrected chi connectivity index (χ1v) is 6.16. The third kappa shape index (κ3) is 2.28. The maximum atomic E-state index is 5.85. The third-order valence-electron chi connectivity index (χ3n) is 3.12. The minimum atomic E-state index is 0.581. The highest BCUT2D eigenvalue weighted by molar-refractivity contribution is 6.17. The summed E-state index contributed by atoms with van der Waals surface area (Å²) >= 11 is 5.85. The lowest BCUT2D eigenvalue weighted by molar-refractivity contribution is 0.441. The summed E-state index contributed by atoms with van der Waals surface area (Å²) in [4.78, 5) is 6.83. The number of aromatic nitrogens is 2. The van der Waals surface area contributed by atoms with E-state index in [4.69, 9.17) is 11.6 Å². The van der Waals surface area contributed by atoms with Gasteiger partial charge in [-0.3, -0.25) is 0 Å². The van der Waals surface area contributed by atoms with E-state index in [-0.39, 0.29) is 0 Å². The van der Waals surface area contributed by atoms with E-state index < -0.39 is 0 Å². The van der Waals surface area contributed by atoms with Crippen LogP contribution in [0.25, 0.3) is 0 Å². The van der Waals surface area contributed by atoms with Gasteiger partial charge in [-0.2, -0.15) is 0 Å². The van der Waals surface area contributed by atoms with E-state index in [9.17, 15) is 0 Å². The van der Waals surface area contributed by atoms with E-state index in [0.29, 0.717) is 6.04 Å². The van der Waals surface area contributed by atoms with Crippen LogP contribution < -0.4 is 4.90 Å². The molecule has 1 aromatic rings. The summed E-state index contributed by atoms with van der Waals surface area (Å²) in [6.07, 6.45) is 8.77. The number of hydrogen-bond donors (Lipinski definition) is 0. The van der Waals surface area contributed by atoms with Crippen LogP contribution in [0.4, 0.5) is 5.95 Å². The van der Waals surface area contributed by atoms with E-state index in [1.165, 1.54) is 19.3 Å². The second kappa shape index (κ2) is 4.88. The number of hydrogen-bond acceptors (Lipinski definition) is 2. The molecule has 1 saturated heterocycles. The van der Waals surface area contributed by atoms with Crippen molar-refractivity contribution in [2.45, 2.75) is 31.7 Å². The van der Waals surface area contributed by atoms with Gasteiger partial charge < -0.3 is 9.47 Å². The quantitative estimate of drug-likeness (QED) is 0.740. The summed E-state index contributed by atoms with van der Waals surface area (Å²) in [5, 5.41) is 0. The van der Waals surface area contributed by atoms with Gasteiger partial charge in [0.15, 0.2) is 0 Å². The summed E-state index contributed by atoms with van der Waals surface area (Å²) < 4.78 is 2.09. The van der Waals surface area contributed by atoms with Crippen LogP contribution in [-0.4, -0.2) is 28.0 Å². The molecule has 0 aromatic carbocycles. The van der Waals surface area contributed by atoms with Gasteiger partial charge in [0.05, 0.1) is 0 Å². The Morgan fingerprint density at radius 1 is 1.53 bits per heavy atom. The van der Waals surface area contributed by atoms with Crippen molar-refractivity contribution in [3.05, 3.63) is 12.4 Å². The maximum Gasteiger partial charge on any atom is 0.205 e. The minimum absolute atomic E-state index is 0.581. The molecular formula is C11H18ClN3. The molecule has 4 heteroatoms. The fourth-order valence-electron chi connectivity index (χ4n) is 2.32. The zero-order chi connectivity index (χ0) is 10.7. The molecule has 1 aromatic heterocycles. The molecule has 84 valence electrons. The average molecular weight is 228 g/mol. The van der Waals surface area contributed by atoms with Gasteiger partial charge in [0.25, 0.3) is 0 Å². The van der Waals surface area contributed by atoms with E-state index in [2.05, 4.69) is 21.5 Å². The molecule has 3 nitrogen and oxygen atoms in total. The van der Waals surface area contributed by atoms with Crippen LogP contribution in [0.3, 0.4) is 0 Å². The largest absolute Gasteiger partial charge is 0.339 e. The Morgan fingerprint density at radius 2 is 2.40 bits per heavy atom. The number of piperidine rings is 1. The standard InChI is InChI=1S/C11H18ClN3/c1-14-9-7-13-11(14)15-8-3-2-4-10(15)5-6-12/h7,9-10H,2-6,8H2,1H3. The molecule has 0 N–H and O–H groups in total. The van der Waals surface area contributed by atoms with Crippen LogP contribution in [0.1, 0.15) is 25.7 Å². The molecule has 2 heterocycles. The lowest BCUT2D eigenvalue weighted by atomic mass is 10.0. The summed E-state index contributed by atoms with van der Waals surface area (Å²) in [6.45, 7) is 1.12. The minimum Gasteiger partial charge on any atom is -0.339 e. The number of rotatable bonds is 3.